The van der Waals surface area contributed by atoms with E-state index in [0.717, 1.165) is 11.4 Å². The van der Waals surface area contributed by atoms with Gasteiger partial charge in [-0.1, -0.05) is 281 Å². The molecular weight excluding hydrogens is 939 g/mol. The van der Waals surface area contributed by atoms with Crippen LogP contribution in [0.3, 0.4) is 0 Å². The van der Waals surface area contributed by atoms with Gasteiger partial charge in [-0.2, -0.15) is 0 Å². The van der Waals surface area contributed by atoms with E-state index in [9.17, 15) is 0 Å². The molecule has 0 unspecified atom stereocenters. The first kappa shape index (κ1) is 45.8. The van der Waals surface area contributed by atoms with Crippen LogP contribution in [0.2, 0.25) is 0 Å². The highest BCUT2D eigenvalue weighted by Gasteiger charge is 2.48. The molecule has 0 spiro atoms. The molecule has 3 aliphatic rings. The molecule has 1 heteroatoms. The van der Waals surface area contributed by atoms with Crippen LogP contribution in [0.25, 0.3) is 55.6 Å². The fourth-order valence-electron chi connectivity index (χ4n) is 14.5. The lowest BCUT2D eigenvalue weighted by atomic mass is 9.67. The van der Waals surface area contributed by atoms with Crippen LogP contribution in [0.1, 0.15) is 69.5 Å². The van der Waals surface area contributed by atoms with Crippen LogP contribution in [0, 0.1) is 0 Å². The Morgan fingerprint density at radius 1 is 0.256 bits per heavy atom. The molecule has 0 aromatic heterocycles. The minimum Gasteiger partial charge on any atom is -0.310 e. The number of rotatable bonds is 9. The van der Waals surface area contributed by atoms with E-state index in [2.05, 4.69) is 316 Å². The van der Waals surface area contributed by atoms with E-state index in [4.69, 9.17) is 0 Å². The highest BCUT2D eigenvalue weighted by Crippen LogP contribution is 2.61. The Morgan fingerprint density at radius 3 is 1.04 bits per heavy atom. The van der Waals surface area contributed by atoms with Crippen molar-refractivity contribution in [2.45, 2.75) is 30.1 Å². The third-order valence-corrected chi connectivity index (χ3v) is 17.6. The molecule has 0 amide bonds. The number of hydrogen-bond acceptors (Lipinski definition) is 1. The molecule has 0 aliphatic heterocycles. The molecule has 12 aromatic rings. The zero-order chi connectivity index (χ0) is 52.0. The van der Waals surface area contributed by atoms with Gasteiger partial charge < -0.3 is 4.90 Å². The normalized spacial score (nSPS) is 14.3. The molecule has 1 nitrogen and oxygen atoms in total. The Kier molecular flexibility index (Phi) is 10.4. The van der Waals surface area contributed by atoms with Gasteiger partial charge in [-0.3, -0.25) is 0 Å². The molecule has 0 radical (unpaired) electrons. The van der Waals surface area contributed by atoms with Crippen molar-refractivity contribution in [1.29, 1.82) is 0 Å². The summed E-state index contributed by atoms with van der Waals surface area (Å²) in [6.07, 6.45) is 0. The van der Waals surface area contributed by atoms with E-state index in [1.807, 2.05) is 0 Å². The van der Waals surface area contributed by atoms with Crippen molar-refractivity contribution in [2.24, 2.45) is 0 Å². The lowest BCUT2D eigenvalue weighted by Crippen LogP contribution is -2.28. The van der Waals surface area contributed by atoms with Crippen LogP contribution in [0.5, 0.6) is 0 Å². The standard InChI is InChI=1S/C77H55N/c1-75(2)66-44-18-15-38-62(66)63-43-25-49-71(74(63)75)78(58-36-21-26-52(50-58)60-41-23-47-69-72(60)64-39-16-19-45-67(64)76(69,54-28-7-3-8-29-54)55-30-9-4-10-31-55)59-37-22-27-53(51-59)61-42-24-48-70-73(61)65-40-17-20-46-68(65)77(70,56-32-11-5-12-33-56)57-34-13-6-14-35-57/h3-51H,1-2H3. The van der Waals surface area contributed by atoms with Crippen LogP contribution < -0.4 is 4.90 Å². The summed E-state index contributed by atoms with van der Waals surface area (Å²) in [5, 5.41) is 0. The van der Waals surface area contributed by atoms with Crippen molar-refractivity contribution in [3.05, 3.63) is 353 Å². The molecular formula is C77H55N. The third-order valence-electron chi connectivity index (χ3n) is 17.6. The SMILES string of the molecule is CC1(C)c2ccccc2-c2cccc(N(c3cccc(-c4cccc5c4-c4ccccc4C5(c4ccccc4)c4ccccc4)c3)c3cccc(-c4cccc5c4-c4ccccc4C5(c4ccccc4)c4ccccc4)c3)c21. The summed E-state index contributed by atoms with van der Waals surface area (Å²) in [5.41, 5.74) is 27.5. The summed E-state index contributed by atoms with van der Waals surface area (Å²) >= 11 is 0. The highest BCUT2D eigenvalue weighted by atomic mass is 15.1. The minimum absolute atomic E-state index is 0.264. The minimum atomic E-state index is -0.500. The second-order valence-corrected chi connectivity index (χ2v) is 21.8. The monoisotopic (exact) mass is 993 g/mol. The van der Waals surface area contributed by atoms with Gasteiger partial charge in [0, 0.05) is 16.8 Å². The van der Waals surface area contributed by atoms with Crippen molar-refractivity contribution < 1.29 is 0 Å². The van der Waals surface area contributed by atoms with Crippen molar-refractivity contribution in [3.8, 4) is 55.6 Å². The number of nitrogens with zero attached hydrogens (tertiary/aromatic N) is 1. The Balaban J connectivity index is 0.951. The van der Waals surface area contributed by atoms with Gasteiger partial charge in [0.15, 0.2) is 0 Å². The summed E-state index contributed by atoms with van der Waals surface area (Å²) < 4.78 is 0. The van der Waals surface area contributed by atoms with E-state index in [0.29, 0.717) is 0 Å². The zero-order valence-corrected chi connectivity index (χ0v) is 43.7. The van der Waals surface area contributed by atoms with E-state index in [1.165, 1.54) is 117 Å². The van der Waals surface area contributed by atoms with Crippen LogP contribution in [0.4, 0.5) is 17.1 Å². The highest BCUT2D eigenvalue weighted by molar-refractivity contribution is 5.99. The summed E-state index contributed by atoms with van der Waals surface area (Å²) in [7, 11) is 0. The summed E-state index contributed by atoms with van der Waals surface area (Å²) in [6.45, 7) is 4.80. The van der Waals surface area contributed by atoms with Gasteiger partial charge in [-0.25, -0.2) is 0 Å². The molecule has 0 bridgehead atoms. The van der Waals surface area contributed by atoms with Gasteiger partial charge in [0.05, 0.1) is 16.5 Å². The van der Waals surface area contributed by atoms with Gasteiger partial charge >= 0.3 is 0 Å². The molecule has 12 aromatic carbocycles. The maximum atomic E-state index is 2.55. The quantitative estimate of drug-likeness (QED) is 0.139. The zero-order valence-electron chi connectivity index (χ0n) is 43.7. The number of benzene rings is 12. The summed E-state index contributed by atoms with van der Waals surface area (Å²) in [5.74, 6) is 0. The summed E-state index contributed by atoms with van der Waals surface area (Å²) in [6, 6.07) is 111. The maximum Gasteiger partial charge on any atom is 0.0713 e. The second-order valence-electron chi connectivity index (χ2n) is 21.8. The molecule has 0 saturated heterocycles. The first-order valence-electron chi connectivity index (χ1n) is 27.4. The predicted molar refractivity (Wildman–Crippen MR) is 324 cm³/mol. The average molecular weight is 994 g/mol. The van der Waals surface area contributed by atoms with Crippen LogP contribution in [0.15, 0.2) is 297 Å². The smallest absolute Gasteiger partial charge is 0.0713 e. The van der Waals surface area contributed by atoms with Gasteiger partial charge in [0.1, 0.15) is 0 Å². The van der Waals surface area contributed by atoms with E-state index in [-0.39, 0.29) is 5.41 Å². The lowest BCUT2D eigenvalue weighted by molar-refractivity contribution is 0.661. The Bertz CT molecular complexity index is 3980. The van der Waals surface area contributed by atoms with Gasteiger partial charge in [0.2, 0.25) is 0 Å². The Hall–Kier alpha value is -9.56. The number of hydrogen-bond donors (Lipinski definition) is 0. The topological polar surface area (TPSA) is 3.24 Å². The Labute approximate surface area is 458 Å². The maximum absolute atomic E-state index is 2.55. The van der Waals surface area contributed by atoms with E-state index < -0.39 is 10.8 Å². The molecule has 0 atom stereocenters. The molecule has 368 valence electrons. The van der Waals surface area contributed by atoms with Crippen molar-refractivity contribution >= 4 is 17.1 Å². The van der Waals surface area contributed by atoms with Crippen LogP contribution in [-0.2, 0) is 16.2 Å². The molecule has 3 aliphatic carbocycles. The van der Waals surface area contributed by atoms with Crippen molar-refractivity contribution in [2.75, 3.05) is 4.90 Å². The number of fused-ring (bicyclic) bond motifs is 9. The third kappa shape index (κ3) is 6.49. The molecule has 0 saturated carbocycles. The van der Waals surface area contributed by atoms with Gasteiger partial charge in [0.25, 0.3) is 0 Å². The Morgan fingerprint density at radius 2 is 0.590 bits per heavy atom. The van der Waals surface area contributed by atoms with Crippen LogP contribution in [-0.4, -0.2) is 0 Å². The van der Waals surface area contributed by atoms with Gasteiger partial charge in [-0.05, 0) is 142 Å². The van der Waals surface area contributed by atoms with Gasteiger partial charge in [-0.15, -0.1) is 0 Å². The van der Waals surface area contributed by atoms with Crippen LogP contribution >= 0.6 is 0 Å². The van der Waals surface area contributed by atoms with Crippen molar-refractivity contribution in [1.82, 2.24) is 0 Å². The molecule has 0 N–H and O–H groups in total. The molecule has 15 rings (SSSR count). The summed E-state index contributed by atoms with van der Waals surface area (Å²) in [4.78, 5) is 2.55. The molecule has 78 heavy (non-hydrogen) atoms. The number of anilines is 3. The predicted octanol–water partition coefficient (Wildman–Crippen LogP) is 19.5. The first-order valence-corrected chi connectivity index (χ1v) is 27.4. The van der Waals surface area contributed by atoms with E-state index >= 15 is 0 Å². The van der Waals surface area contributed by atoms with E-state index in [1.54, 1.807) is 0 Å². The fraction of sp³-hybridized carbons (Fsp3) is 0.0649. The second kappa shape index (κ2) is 17.8. The first-order chi connectivity index (χ1) is 38.5. The average Bonchev–Trinajstić information content (AvgIpc) is 4.17. The lowest BCUT2D eigenvalue weighted by Gasteiger charge is -2.34. The molecule has 0 heterocycles. The fourth-order valence-corrected chi connectivity index (χ4v) is 14.5. The molecule has 0 fully saturated rings. The largest absolute Gasteiger partial charge is 0.310 e. The van der Waals surface area contributed by atoms with Crippen molar-refractivity contribution in [3.63, 3.8) is 0 Å².